The van der Waals surface area contributed by atoms with Gasteiger partial charge in [0.15, 0.2) is 6.29 Å². The molecular formula is C13H18O5. The van der Waals surface area contributed by atoms with Gasteiger partial charge in [-0.05, 0) is 12.1 Å². The predicted molar refractivity (Wildman–Crippen MR) is 66.6 cm³/mol. The van der Waals surface area contributed by atoms with Crippen LogP contribution in [0.2, 0.25) is 0 Å². The van der Waals surface area contributed by atoms with Crippen LogP contribution in [0.15, 0.2) is 18.2 Å². The molecule has 0 atom stereocenters. The predicted octanol–water partition coefficient (Wildman–Crippen LogP) is 1.55. The van der Waals surface area contributed by atoms with E-state index in [1.807, 2.05) is 0 Å². The fourth-order valence-corrected chi connectivity index (χ4v) is 1.30. The standard InChI is InChI=1S/C13H18O5/c1-15-5-7-17-12-4-3-11(10-14)13(9-12)18-8-6-16-2/h3-4,9-10H,5-8H2,1-2H3. The lowest BCUT2D eigenvalue weighted by atomic mass is 10.2. The molecule has 0 heterocycles. The topological polar surface area (TPSA) is 54.0 Å². The Labute approximate surface area is 107 Å². The van der Waals surface area contributed by atoms with Crippen LogP contribution in [0.5, 0.6) is 11.5 Å². The van der Waals surface area contributed by atoms with Crippen molar-refractivity contribution in [1.82, 2.24) is 0 Å². The molecule has 0 aliphatic heterocycles. The highest BCUT2D eigenvalue weighted by molar-refractivity contribution is 5.79. The third kappa shape index (κ3) is 4.73. The lowest BCUT2D eigenvalue weighted by molar-refractivity contribution is 0.111. The van der Waals surface area contributed by atoms with Gasteiger partial charge in [0.05, 0.1) is 18.8 Å². The number of benzene rings is 1. The first-order valence-corrected chi connectivity index (χ1v) is 5.64. The molecule has 0 unspecified atom stereocenters. The average molecular weight is 254 g/mol. The minimum atomic E-state index is 0.388. The van der Waals surface area contributed by atoms with E-state index in [1.165, 1.54) is 0 Å². The Balaban J connectivity index is 2.65. The fourth-order valence-electron chi connectivity index (χ4n) is 1.30. The van der Waals surface area contributed by atoms with Crippen molar-refractivity contribution in [3.63, 3.8) is 0 Å². The molecule has 0 saturated carbocycles. The lowest BCUT2D eigenvalue weighted by Crippen LogP contribution is -2.07. The largest absolute Gasteiger partial charge is 0.491 e. The van der Waals surface area contributed by atoms with Crippen molar-refractivity contribution in [1.29, 1.82) is 0 Å². The highest BCUT2D eigenvalue weighted by Gasteiger charge is 2.05. The second-order valence-electron chi connectivity index (χ2n) is 3.50. The van der Waals surface area contributed by atoms with Crippen molar-refractivity contribution in [3.8, 4) is 11.5 Å². The van der Waals surface area contributed by atoms with Crippen molar-refractivity contribution in [2.24, 2.45) is 0 Å². The molecule has 0 radical (unpaired) electrons. The monoisotopic (exact) mass is 254 g/mol. The van der Waals surface area contributed by atoms with Crippen molar-refractivity contribution in [2.75, 3.05) is 40.6 Å². The molecular weight excluding hydrogens is 236 g/mol. The molecule has 1 aromatic rings. The van der Waals surface area contributed by atoms with E-state index >= 15 is 0 Å². The quantitative estimate of drug-likeness (QED) is 0.494. The van der Waals surface area contributed by atoms with E-state index in [1.54, 1.807) is 32.4 Å². The summed E-state index contributed by atoms with van der Waals surface area (Å²) in [7, 11) is 3.20. The number of hydrogen-bond donors (Lipinski definition) is 0. The number of hydrogen-bond acceptors (Lipinski definition) is 5. The molecule has 5 heteroatoms. The second-order valence-corrected chi connectivity index (χ2v) is 3.50. The first kappa shape index (κ1) is 14.5. The minimum Gasteiger partial charge on any atom is -0.491 e. The molecule has 0 N–H and O–H groups in total. The third-order valence-corrected chi connectivity index (χ3v) is 2.21. The van der Waals surface area contributed by atoms with Gasteiger partial charge >= 0.3 is 0 Å². The van der Waals surface area contributed by atoms with Gasteiger partial charge in [0.1, 0.15) is 24.7 Å². The molecule has 100 valence electrons. The van der Waals surface area contributed by atoms with E-state index in [-0.39, 0.29) is 0 Å². The van der Waals surface area contributed by atoms with Crippen molar-refractivity contribution in [2.45, 2.75) is 0 Å². The Morgan fingerprint density at radius 2 is 1.67 bits per heavy atom. The van der Waals surface area contributed by atoms with Crippen LogP contribution in [0.4, 0.5) is 0 Å². The van der Waals surface area contributed by atoms with Crippen LogP contribution in [0.3, 0.4) is 0 Å². The van der Waals surface area contributed by atoms with Gasteiger partial charge in [-0.3, -0.25) is 4.79 Å². The highest BCUT2D eigenvalue weighted by atomic mass is 16.5. The number of rotatable bonds is 9. The summed E-state index contributed by atoms with van der Waals surface area (Å²) in [5.41, 5.74) is 0.491. The summed E-state index contributed by atoms with van der Waals surface area (Å²) < 4.78 is 20.7. The van der Waals surface area contributed by atoms with Crippen LogP contribution < -0.4 is 9.47 Å². The van der Waals surface area contributed by atoms with Crippen molar-refractivity contribution >= 4 is 6.29 Å². The molecule has 0 spiro atoms. The van der Waals surface area contributed by atoms with Gasteiger partial charge in [0.2, 0.25) is 0 Å². The second kappa shape index (κ2) is 8.49. The maximum absolute atomic E-state index is 10.9. The molecule has 0 aliphatic rings. The Morgan fingerprint density at radius 1 is 1.00 bits per heavy atom. The number of aldehydes is 1. The van der Waals surface area contributed by atoms with Gasteiger partial charge in [-0.15, -0.1) is 0 Å². The summed E-state index contributed by atoms with van der Waals surface area (Å²) in [4.78, 5) is 10.9. The third-order valence-electron chi connectivity index (χ3n) is 2.21. The van der Waals surface area contributed by atoms with Crippen molar-refractivity contribution in [3.05, 3.63) is 23.8 Å². The smallest absolute Gasteiger partial charge is 0.153 e. The molecule has 0 bridgehead atoms. The molecule has 0 aliphatic carbocycles. The lowest BCUT2D eigenvalue weighted by Gasteiger charge is -2.11. The van der Waals surface area contributed by atoms with Crippen LogP contribution >= 0.6 is 0 Å². The SMILES string of the molecule is COCCOc1ccc(C=O)c(OCCOC)c1. The maximum Gasteiger partial charge on any atom is 0.153 e. The van der Waals surface area contributed by atoms with E-state index < -0.39 is 0 Å². The first-order chi connectivity index (χ1) is 8.81. The van der Waals surface area contributed by atoms with E-state index in [2.05, 4.69) is 0 Å². The molecule has 0 saturated heterocycles. The molecule has 0 fully saturated rings. The zero-order valence-corrected chi connectivity index (χ0v) is 10.7. The zero-order valence-electron chi connectivity index (χ0n) is 10.7. The van der Waals surface area contributed by atoms with Gasteiger partial charge in [-0.2, -0.15) is 0 Å². The summed E-state index contributed by atoms with van der Waals surface area (Å²) >= 11 is 0. The van der Waals surface area contributed by atoms with E-state index in [0.29, 0.717) is 43.5 Å². The molecule has 18 heavy (non-hydrogen) atoms. The number of carbonyl (C=O) groups is 1. The zero-order chi connectivity index (χ0) is 13.2. The summed E-state index contributed by atoms with van der Waals surface area (Å²) in [6.45, 7) is 1.82. The minimum absolute atomic E-state index is 0.388. The van der Waals surface area contributed by atoms with Gasteiger partial charge in [-0.25, -0.2) is 0 Å². The van der Waals surface area contributed by atoms with E-state index in [0.717, 1.165) is 6.29 Å². The van der Waals surface area contributed by atoms with Gasteiger partial charge < -0.3 is 18.9 Å². The molecule has 5 nitrogen and oxygen atoms in total. The van der Waals surface area contributed by atoms with E-state index in [9.17, 15) is 4.79 Å². The maximum atomic E-state index is 10.9. The Kier molecular flexibility index (Phi) is 6.83. The Hall–Kier alpha value is -1.59. The molecule has 1 rings (SSSR count). The first-order valence-electron chi connectivity index (χ1n) is 5.64. The Morgan fingerprint density at radius 3 is 2.28 bits per heavy atom. The summed E-state index contributed by atoms with van der Waals surface area (Å²) in [6.07, 6.45) is 0.751. The van der Waals surface area contributed by atoms with Crippen LogP contribution in [0.1, 0.15) is 10.4 Å². The van der Waals surface area contributed by atoms with Crippen LogP contribution in [-0.4, -0.2) is 46.9 Å². The Bertz CT molecular complexity index is 364. The number of methoxy groups -OCH3 is 2. The fraction of sp³-hybridized carbons (Fsp3) is 0.462. The van der Waals surface area contributed by atoms with Gasteiger partial charge in [0.25, 0.3) is 0 Å². The van der Waals surface area contributed by atoms with Crippen LogP contribution in [0.25, 0.3) is 0 Å². The summed E-state index contributed by atoms with van der Waals surface area (Å²) in [5.74, 6) is 1.14. The summed E-state index contributed by atoms with van der Waals surface area (Å²) in [5, 5.41) is 0. The average Bonchev–Trinajstić information content (AvgIpc) is 2.40. The number of carbonyl (C=O) groups excluding carboxylic acids is 1. The number of ether oxygens (including phenoxy) is 4. The summed E-state index contributed by atoms with van der Waals surface area (Å²) in [6, 6.07) is 5.08. The molecule has 0 amide bonds. The van der Waals surface area contributed by atoms with Crippen LogP contribution in [0, 0.1) is 0 Å². The van der Waals surface area contributed by atoms with Gasteiger partial charge in [-0.1, -0.05) is 0 Å². The van der Waals surface area contributed by atoms with Gasteiger partial charge in [0, 0.05) is 20.3 Å². The normalized spacial score (nSPS) is 10.1. The van der Waals surface area contributed by atoms with Crippen LogP contribution in [-0.2, 0) is 9.47 Å². The highest BCUT2D eigenvalue weighted by Crippen LogP contribution is 2.23. The van der Waals surface area contributed by atoms with E-state index in [4.69, 9.17) is 18.9 Å². The van der Waals surface area contributed by atoms with Crippen molar-refractivity contribution < 1.29 is 23.7 Å². The molecule has 0 aromatic heterocycles. The molecule has 1 aromatic carbocycles.